The number of hydrogen-bond donors (Lipinski definition) is 4. The molecular weight excluding hydrogens is 254 g/mol. The van der Waals surface area contributed by atoms with E-state index in [1.54, 1.807) is 12.1 Å². The molecule has 0 aromatic heterocycles. The summed E-state index contributed by atoms with van der Waals surface area (Å²) < 4.78 is 0. The Kier molecular flexibility index (Phi) is 4.87. The molecule has 0 aliphatic carbocycles. The third-order valence-corrected chi connectivity index (χ3v) is 2.35. The zero-order chi connectivity index (χ0) is 14.4. The Balaban J connectivity index is 2.65. The molecule has 1 aromatic carbocycles. The van der Waals surface area contributed by atoms with Crippen LogP contribution >= 0.6 is 0 Å². The van der Waals surface area contributed by atoms with Gasteiger partial charge in [-0.3, -0.25) is 9.59 Å². The number of carbonyl (C=O) groups excluding carboxylic acids is 1. The predicted molar refractivity (Wildman–Crippen MR) is 63.6 cm³/mol. The molecule has 1 rings (SSSR count). The molecule has 4 N–H and O–H groups in total. The first-order valence-corrected chi connectivity index (χ1v) is 5.41. The van der Waals surface area contributed by atoms with Gasteiger partial charge in [0.2, 0.25) is 5.91 Å². The molecule has 0 fully saturated rings. The van der Waals surface area contributed by atoms with Gasteiger partial charge in [0, 0.05) is 5.56 Å². The van der Waals surface area contributed by atoms with Crippen molar-refractivity contribution in [2.24, 2.45) is 0 Å². The number of carbonyl (C=O) groups is 3. The number of para-hydroxylation sites is 1. The number of carboxylic acids is 2. The van der Waals surface area contributed by atoms with Gasteiger partial charge in [-0.1, -0.05) is 18.2 Å². The summed E-state index contributed by atoms with van der Waals surface area (Å²) in [5, 5.41) is 28.8. The molecular formula is C12H13NO6. The van der Waals surface area contributed by atoms with E-state index in [9.17, 15) is 19.5 Å². The number of phenolic OH excluding ortho intramolecular Hbond substituents is 1. The maximum Gasteiger partial charge on any atom is 0.326 e. The second kappa shape index (κ2) is 6.39. The fourth-order valence-electron chi connectivity index (χ4n) is 1.45. The van der Waals surface area contributed by atoms with Gasteiger partial charge in [0.1, 0.15) is 11.8 Å². The van der Waals surface area contributed by atoms with E-state index in [2.05, 4.69) is 5.32 Å². The Labute approximate surface area is 108 Å². The molecule has 7 nitrogen and oxygen atoms in total. The van der Waals surface area contributed by atoms with Crippen LogP contribution in [-0.2, 0) is 20.8 Å². The summed E-state index contributed by atoms with van der Waals surface area (Å²) in [5.74, 6) is -3.50. The molecule has 1 atom stereocenters. The van der Waals surface area contributed by atoms with Crippen molar-refractivity contribution in [2.75, 3.05) is 0 Å². The molecule has 102 valence electrons. The van der Waals surface area contributed by atoms with Crippen molar-refractivity contribution < 1.29 is 29.7 Å². The first-order chi connectivity index (χ1) is 8.90. The van der Waals surface area contributed by atoms with Crippen LogP contribution in [0, 0.1) is 0 Å². The molecule has 1 unspecified atom stereocenters. The highest BCUT2D eigenvalue weighted by Crippen LogP contribution is 2.15. The quantitative estimate of drug-likeness (QED) is 0.574. The predicted octanol–water partition coefficient (Wildman–Crippen LogP) is -0.0212. The fraction of sp³-hybridized carbons (Fsp3) is 0.250. The van der Waals surface area contributed by atoms with Crippen molar-refractivity contribution in [3.05, 3.63) is 29.8 Å². The summed E-state index contributed by atoms with van der Waals surface area (Å²) in [5.41, 5.74) is 0.333. The Morgan fingerprint density at radius 3 is 2.32 bits per heavy atom. The smallest absolute Gasteiger partial charge is 0.326 e. The van der Waals surface area contributed by atoms with E-state index in [0.29, 0.717) is 5.56 Å². The van der Waals surface area contributed by atoms with E-state index < -0.39 is 30.3 Å². The van der Waals surface area contributed by atoms with Crippen LogP contribution in [0.4, 0.5) is 0 Å². The third-order valence-electron chi connectivity index (χ3n) is 2.35. The highest BCUT2D eigenvalue weighted by molar-refractivity contribution is 5.87. The number of carboxylic acid groups (broad SMARTS) is 2. The van der Waals surface area contributed by atoms with Crippen LogP contribution in [0.25, 0.3) is 0 Å². The first-order valence-electron chi connectivity index (χ1n) is 5.41. The molecule has 0 aliphatic rings. The molecule has 0 radical (unpaired) electrons. The van der Waals surface area contributed by atoms with Crippen LogP contribution < -0.4 is 5.32 Å². The topological polar surface area (TPSA) is 124 Å². The lowest BCUT2D eigenvalue weighted by atomic mass is 10.1. The van der Waals surface area contributed by atoms with Gasteiger partial charge < -0.3 is 20.6 Å². The monoisotopic (exact) mass is 267 g/mol. The maximum absolute atomic E-state index is 11.6. The van der Waals surface area contributed by atoms with E-state index in [0.717, 1.165) is 0 Å². The van der Waals surface area contributed by atoms with Gasteiger partial charge in [-0.25, -0.2) is 4.79 Å². The van der Waals surface area contributed by atoms with Crippen molar-refractivity contribution in [3.8, 4) is 5.75 Å². The van der Waals surface area contributed by atoms with Crippen molar-refractivity contribution in [1.82, 2.24) is 5.32 Å². The van der Waals surface area contributed by atoms with Crippen LogP contribution in [0.3, 0.4) is 0 Å². The third kappa shape index (κ3) is 4.66. The molecule has 1 amide bonds. The number of rotatable bonds is 6. The Hall–Kier alpha value is -2.57. The molecule has 0 spiro atoms. The van der Waals surface area contributed by atoms with E-state index in [1.807, 2.05) is 0 Å². The SMILES string of the molecule is O=C(O)CC(NC(=O)Cc1ccccc1O)C(=O)O. The van der Waals surface area contributed by atoms with Gasteiger partial charge in [0.25, 0.3) is 0 Å². The van der Waals surface area contributed by atoms with Gasteiger partial charge >= 0.3 is 11.9 Å². The van der Waals surface area contributed by atoms with Gasteiger partial charge in [0.05, 0.1) is 12.8 Å². The normalized spacial score (nSPS) is 11.6. The summed E-state index contributed by atoms with van der Waals surface area (Å²) in [7, 11) is 0. The maximum atomic E-state index is 11.6. The summed E-state index contributed by atoms with van der Waals surface area (Å²) in [6.45, 7) is 0. The summed E-state index contributed by atoms with van der Waals surface area (Å²) in [6, 6.07) is 4.63. The van der Waals surface area contributed by atoms with Crippen LogP contribution in [0.1, 0.15) is 12.0 Å². The zero-order valence-corrected chi connectivity index (χ0v) is 9.87. The minimum absolute atomic E-state index is 0.0808. The number of benzene rings is 1. The molecule has 0 saturated heterocycles. The Morgan fingerprint density at radius 1 is 1.16 bits per heavy atom. The Bertz CT molecular complexity index is 499. The van der Waals surface area contributed by atoms with E-state index in [4.69, 9.17) is 10.2 Å². The van der Waals surface area contributed by atoms with E-state index in [-0.39, 0.29) is 12.2 Å². The van der Waals surface area contributed by atoms with Gasteiger partial charge in [-0.05, 0) is 6.07 Å². The molecule has 0 aliphatic heterocycles. The molecule has 1 aromatic rings. The summed E-state index contributed by atoms with van der Waals surface area (Å²) in [4.78, 5) is 32.8. The van der Waals surface area contributed by atoms with Crippen LogP contribution in [-0.4, -0.2) is 39.2 Å². The Morgan fingerprint density at radius 2 is 1.79 bits per heavy atom. The second-order valence-electron chi connectivity index (χ2n) is 3.86. The van der Waals surface area contributed by atoms with Crippen molar-refractivity contribution in [2.45, 2.75) is 18.9 Å². The zero-order valence-electron chi connectivity index (χ0n) is 9.87. The summed E-state index contributed by atoms with van der Waals surface area (Å²) >= 11 is 0. The van der Waals surface area contributed by atoms with Gasteiger partial charge in [-0.2, -0.15) is 0 Å². The summed E-state index contributed by atoms with van der Waals surface area (Å²) in [6.07, 6.45) is -0.933. The van der Waals surface area contributed by atoms with Crippen LogP contribution in [0.5, 0.6) is 5.75 Å². The molecule has 7 heteroatoms. The molecule has 0 heterocycles. The minimum atomic E-state index is -1.49. The number of phenols is 1. The van der Waals surface area contributed by atoms with Gasteiger partial charge in [0.15, 0.2) is 0 Å². The molecule has 0 saturated carbocycles. The van der Waals surface area contributed by atoms with Crippen molar-refractivity contribution in [3.63, 3.8) is 0 Å². The number of amides is 1. The molecule has 0 bridgehead atoms. The highest BCUT2D eigenvalue weighted by atomic mass is 16.4. The standard InChI is InChI=1S/C12H13NO6/c14-9-4-2-1-3-7(9)5-10(15)13-8(12(18)19)6-11(16)17/h1-4,8,14H,5-6H2,(H,13,15)(H,16,17)(H,18,19). The van der Waals surface area contributed by atoms with Crippen LogP contribution in [0.2, 0.25) is 0 Å². The number of aliphatic carboxylic acids is 2. The van der Waals surface area contributed by atoms with Crippen molar-refractivity contribution in [1.29, 1.82) is 0 Å². The minimum Gasteiger partial charge on any atom is -0.508 e. The second-order valence-corrected chi connectivity index (χ2v) is 3.86. The fourth-order valence-corrected chi connectivity index (χ4v) is 1.45. The van der Waals surface area contributed by atoms with E-state index >= 15 is 0 Å². The average molecular weight is 267 g/mol. The van der Waals surface area contributed by atoms with Crippen molar-refractivity contribution >= 4 is 17.8 Å². The highest BCUT2D eigenvalue weighted by Gasteiger charge is 2.23. The van der Waals surface area contributed by atoms with Crippen LogP contribution in [0.15, 0.2) is 24.3 Å². The number of aromatic hydroxyl groups is 1. The first kappa shape index (κ1) is 14.5. The number of nitrogens with one attached hydrogen (secondary N) is 1. The number of hydrogen-bond acceptors (Lipinski definition) is 4. The lowest BCUT2D eigenvalue weighted by Crippen LogP contribution is -2.42. The lowest BCUT2D eigenvalue weighted by Gasteiger charge is -2.12. The molecule has 19 heavy (non-hydrogen) atoms. The van der Waals surface area contributed by atoms with E-state index in [1.165, 1.54) is 12.1 Å². The largest absolute Gasteiger partial charge is 0.508 e. The lowest BCUT2D eigenvalue weighted by molar-refractivity contribution is -0.147. The average Bonchev–Trinajstić information content (AvgIpc) is 2.30. The van der Waals surface area contributed by atoms with Gasteiger partial charge in [-0.15, -0.1) is 0 Å².